The lowest BCUT2D eigenvalue weighted by Gasteiger charge is -2.24. The van der Waals surface area contributed by atoms with Gasteiger partial charge in [0.05, 0.1) is 6.54 Å². The molecule has 2 atom stereocenters. The van der Waals surface area contributed by atoms with E-state index in [1.807, 2.05) is 25.1 Å². The number of guanidine groups is 1. The molecule has 1 saturated heterocycles. The molecule has 0 aliphatic carbocycles. The minimum atomic E-state index is -0.701. The van der Waals surface area contributed by atoms with E-state index in [2.05, 4.69) is 27.4 Å². The van der Waals surface area contributed by atoms with Gasteiger partial charge in [-0.05, 0) is 38.9 Å². The summed E-state index contributed by atoms with van der Waals surface area (Å²) in [5, 5.41) is 17.5. The maximum atomic E-state index is 10.3. The molecular formula is C18H29ClN4O. The minimum Gasteiger partial charge on any atom is -0.386 e. The van der Waals surface area contributed by atoms with Crippen LogP contribution in [0.25, 0.3) is 0 Å². The number of hydrogen-bond donors (Lipinski definition) is 3. The maximum Gasteiger partial charge on any atom is 0.191 e. The zero-order valence-electron chi connectivity index (χ0n) is 14.6. The number of likely N-dealkylation sites (N-methyl/N-ethyl adjacent to an activating group) is 1. The first-order valence-corrected chi connectivity index (χ1v) is 9.22. The van der Waals surface area contributed by atoms with E-state index in [9.17, 15) is 5.11 Å². The Bertz CT molecular complexity index is 538. The first-order valence-electron chi connectivity index (χ1n) is 8.84. The van der Waals surface area contributed by atoms with Crippen LogP contribution in [0.4, 0.5) is 0 Å². The van der Waals surface area contributed by atoms with Crippen molar-refractivity contribution in [3.8, 4) is 0 Å². The zero-order chi connectivity index (χ0) is 17.4. The van der Waals surface area contributed by atoms with Crippen LogP contribution < -0.4 is 10.6 Å². The largest absolute Gasteiger partial charge is 0.386 e. The molecule has 0 saturated carbocycles. The van der Waals surface area contributed by atoms with Crippen molar-refractivity contribution in [1.29, 1.82) is 0 Å². The van der Waals surface area contributed by atoms with Crippen molar-refractivity contribution in [1.82, 2.24) is 15.5 Å². The molecule has 1 aliphatic heterocycles. The molecule has 134 valence electrons. The van der Waals surface area contributed by atoms with Crippen LogP contribution in [0.15, 0.2) is 29.3 Å². The summed E-state index contributed by atoms with van der Waals surface area (Å²) in [5.41, 5.74) is 0.715. The highest BCUT2D eigenvalue weighted by Gasteiger charge is 2.22. The number of nitrogens with one attached hydrogen (secondary N) is 2. The molecular weight excluding hydrogens is 324 g/mol. The van der Waals surface area contributed by atoms with E-state index in [-0.39, 0.29) is 6.54 Å². The molecule has 1 aromatic rings. The van der Waals surface area contributed by atoms with Crippen molar-refractivity contribution in [2.24, 2.45) is 4.99 Å². The number of halogens is 1. The highest BCUT2D eigenvalue weighted by molar-refractivity contribution is 6.31. The summed E-state index contributed by atoms with van der Waals surface area (Å²) >= 11 is 6.13. The zero-order valence-corrected chi connectivity index (χ0v) is 15.4. The van der Waals surface area contributed by atoms with E-state index < -0.39 is 6.10 Å². The third kappa shape index (κ3) is 5.36. The molecule has 1 fully saturated rings. The van der Waals surface area contributed by atoms with Gasteiger partial charge in [-0.15, -0.1) is 0 Å². The number of likely N-dealkylation sites (tertiary alicyclic amines) is 1. The van der Waals surface area contributed by atoms with Gasteiger partial charge < -0.3 is 15.7 Å². The van der Waals surface area contributed by atoms with Crippen LogP contribution >= 0.6 is 11.6 Å². The molecule has 3 N–H and O–H groups in total. The molecule has 6 heteroatoms. The fourth-order valence-electron chi connectivity index (χ4n) is 3.12. The summed E-state index contributed by atoms with van der Waals surface area (Å²) in [4.78, 5) is 7.01. The predicted octanol–water partition coefficient (Wildman–Crippen LogP) is 2.41. The number of nitrogens with zero attached hydrogens (tertiary/aromatic N) is 2. The van der Waals surface area contributed by atoms with Gasteiger partial charge in [-0.2, -0.15) is 0 Å². The van der Waals surface area contributed by atoms with Crippen LogP contribution in [-0.4, -0.2) is 54.7 Å². The molecule has 0 amide bonds. The molecule has 1 heterocycles. The summed E-state index contributed by atoms with van der Waals surface area (Å²) in [6.45, 7) is 8.46. The fraction of sp³-hybridized carbons (Fsp3) is 0.611. The highest BCUT2D eigenvalue weighted by Crippen LogP contribution is 2.22. The molecule has 2 rings (SSSR count). The van der Waals surface area contributed by atoms with Gasteiger partial charge in [-0.3, -0.25) is 9.89 Å². The van der Waals surface area contributed by atoms with E-state index >= 15 is 0 Å². The lowest BCUT2D eigenvalue weighted by Crippen LogP contribution is -2.45. The average Bonchev–Trinajstić information content (AvgIpc) is 3.05. The standard InChI is InChI=1S/C18H29ClN4O/c1-3-20-18(21-12-14-8-7-11-23(14)4-2)22-13-17(24)15-9-5-6-10-16(15)19/h5-6,9-10,14,17,24H,3-4,7-8,11-13H2,1-2H3,(H2,20,21,22). The van der Waals surface area contributed by atoms with Gasteiger partial charge in [0.15, 0.2) is 5.96 Å². The monoisotopic (exact) mass is 352 g/mol. The van der Waals surface area contributed by atoms with E-state index in [1.165, 1.54) is 19.4 Å². The van der Waals surface area contributed by atoms with Crippen molar-refractivity contribution in [2.45, 2.75) is 38.8 Å². The van der Waals surface area contributed by atoms with Gasteiger partial charge in [0, 0.05) is 29.7 Å². The summed E-state index contributed by atoms with van der Waals surface area (Å²) < 4.78 is 0. The Morgan fingerprint density at radius 3 is 2.88 bits per heavy atom. The van der Waals surface area contributed by atoms with E-state index in [4.69, 9.17) is 11.6 Å². The lowest BCUT2D eigenvalue weighted by molar-refractivity contribution is 0.187. The summed E-state index contributed by atoms with van der Waals surface area (Å²) in [6, 6.07) is 7.91. The molecule has 1 aliphatic rings. The van der Waals surface area contributed by atoms with E-state index in [0.717, 1.165) is 25.6 Å². The molecule has 1 aromatic carbocycles. The molecule has 0 spiro atoms. The van der Waals surface area contributed by atoms with Gasteiger partial charge in [0.25, 0.3) is 0 Å². The predicted molar refractivity (Wildman–Crippen MR) is 101 cm³/mol. The summed E-state index contributed by atoms with van der Waals surface area (Å²) in [6.07, 6.45) is 1.79. The topological polar surface area (TPSA) is 59.9 Å². The van der Waals surface area contributed by atoms with Crippen LogP contribution in [0.5, 0.6) is 0 Å². The normalized spacial score (nSPS) is 20.2. The van der Waals surface area contributed by atoms with Crippen LogP contribution in [-0.2, 0) is 0 Å². The second-order valence-electron chi connectivity index (χ2n) is 6.06. The lowest BCUT2D eigenvalue weighted by atomic mass is 10.1. The van der Waals surface area contributed by atoms with Crippen molar-refractivity contribution >= 4 is 17.6 Å². The highest BCUT2D eigenvalue weighted by atomic mass is 35.5. The van der Waals surface area contributed by atoms with Gasteiger partial charge in [-0.1, -0.05) is 36.7 Å². The van der Waals surface area contributed by atoms with E-state index in [1.54, 1.807) is 6.07 Å². The van der Waals surface area contributed by atoms with Gasteiger partial charge >= 0.3 is 0 Å². The van der Waals surface area contributed by atoms with Crippen LogP contribution in [0, 0.1) is 0 Å². The molecule has 5 nitrogen and oxygen atoms in total. The fourth-order valence-corrected chi connectivity index (χ4v) is 3.38. The summed E-state index contributed by atoms with van der Waals surface area (Å²) in [5.74, 6) is 0.742. The average molecular weight is 353 g/mol. The first kappa shape index (κ1) is 19.0. The molecule has 0 radical (unpaired) electrons. The second-order valence-corrected chi connectivity index (χ2v) is 6.47. The van der Waals surface area contributed by atoms with Crippen molar-refractivity contribution in [3.63, 3.8) is 0 Å². The van der Waals surface area contributed by atoms with E-state index in [0.29, 0.717) is 16.6 Å². The SMILES string of the molecule is CCNC(=NCC(O)c1ccccc1Cl)NCC1CCCN1CC. The summed E-state index contributed by atoms with van der Waals surface area (Å²) in [7, 11) is 0. The Morgan fingerprint density at radius 2 is 2.17 bits per heavy atom. The van der Waals surface area contributed by atoms with Gasteiger partial charge in [0.2, 0.25) is 0 Å². The van der Waals surface area contributed by atoms with Crippen LogP contribution in [0.2, 0.25) is 5.02 Å². The van der Waals surface area contributed by atoms with Crippen LogP contribution in [0.1, 0.15) is 38.4 Å². The Labute approximate surface area is 150 Å². The van der Waals surface area contributed by atoms with Crippen molar-refractivity contribution in [2.75, 3.05) is 32.7 Å². The number of hydrogen-bond acceptors (Lipinski definition) is 3. The number of rotatable bonds is 7. The van der Waals surface area contributed by atoms with Gasteiger partial charge in [-0.25, -0.2) is 0 Å². The van der Waals surface area contributed by atoms with Crippen molar-refractivity contribution < 1.29 is 5.11 Å². The third-order valence-electron chi connectivity index (χ3n) is 4.44. The number of aliphatic imine (C=N–C) groups is 1. The van der Waals surface area contributed by atoms with Crippen LogP contribution in [0.3, 0.4) is 0 Å². The second kappa shape index (κ2) is 9.87. The molecule has 0 aromatic heterocycles. The number of benzene rings is 1. The van der Waals surface area contributed by atoms with Crippen molar-refractivity contribution in [3.05, 3.63) is 34.9 Å². The minimum absolute atomic E-state index is 0.279. The Hall–Kier alpha value is -1.30. The maximum absolute atomic E-state index is 10.3. The number of aliphatic hydroxyl groups is 1. The quantitative estimate of drug-likeness (QED) is 0.521. The Morgan fingerprint density at radius 1 is 1.38 bits per heavy atom. The molecule has 24 heavy (non-hydrogen) atoms. The number of aliphatic hydroxyl groups excluding tert-OH is 1. The molecule has 2 unspecified atom stereocenters. The third-order valence-corrected chi connectivity index (χ3v) is 4.79. The molecule has 0 bridgehead atoms. The van der Waals surface area contributed by atoms with Gasteiger partial charge in [0.1, 0.15) is 6.10 Å². The smallest absolute Gasteiger partial charge is 0.191 e. The first-order chi connectivity index (χ1) is 11.7. The Kier molecular flexibility index (Phi) is 7.82. The Balaban J connectivity index is 1.91.